The minimum Gasteiger partial charge on any atom is -0.478 e. The zero-order valence-electron chi connectivity index (χ0n) is 13.5. The first kappa shape index (κ1) is 15.1. The molecule has 0 spiro atoms. The van der Waals surface area contributed by atoms with E-state index < -0.39 is 5.97 Å². The van der Waals surface area contributed by atoms with Crippen molar-refractivity contribution in [3.8, 4) is 11.1 Å². The maximum absolute atomic E-state index is 11.1. The van der Waals surface area contributed by atoms with Gasteiger partial charge in [0, 0.05) is 11.6 Å². The SMILES string of the molecule is O=C(O)c1ccc2nn(Cc3ccc(-c4ccccc4)cc3)cc2c1. The van der Waals surface area contributed by atoms with Crippen LogP contribution in [-0.2, 0) is 6.54 Å². The molecule has 4 aromatic rings. The monoisotopic (exact) mass is 328 g/mol. The molecule has 0 aliphatic carbocycles. The van der Waals surface area contributed by atoms with Gasteiger partial charge in [-0.3, -0.25) is 4.68 Å². The van der Waals surface area contributed by atoms with Crippen LogP contribution in [-0.4, -0.2) is 20.9 Å². The summed E-state index contributed by atoms with van der Waals surface area (Å²) >= 11 is 0. The molecule has 4 nitrogen and oxygen atoms in total. The number of carboxylic acids is 1. The fourth-order valence-electron chi connectivity index (χ4n) is 2.91. The summed E-state index contributed by atoms with van der Waals surface area (Å²) in [6, 6.07) is 23.6. The molecule has 0 aliphatic heterocycles. The van der Waals surface area contributed by atoms with Crippen molar-refractivity contribution in [1.29, 1.82) is 0 Å². The lowest BCUT2D eigenvalue weighted by atomic mass is 10.0. The number of nitrogens with zero attached hydrogens (tertiary/aromatic N) is 2. The summed E-state index contributed by atoms with van der Waals surface area (Å²) in [4.78, 5) is 11.1. The van der Waals surface area contributed by atoms with Crippen molar-refractivity contribution in [2.24, 2.45) is 0 Å². The molecule has 0 atom stereocenters. The van der Waals surface area contributed by atoms with Crippen LogP contribution in [0.4, 0.5) is 0 Å². The van der Waals surface area contributed by atoms with Crippen molar-refractivity contribution in [2.45, 2.75) is 6.54 Å². The van der Waals surface area contributed by atoms with Gasteiger partial charge in [-0.15, -0.1) is 0 Å². The molecule has 0 aliphatic rings. The zero-order chi connectivity index (χ0) is 17.2. The summed E-state index contributed by atoms with van der Waals surface area (Å²) < 4.78 is 1.84. The van der Waals surface area contributed by atoms with E-state index in [9.17, 15) is 4.79 Å². The molecular formula is C21H16N2O2. The van der Waals surface area contributed by atoms with Gasteiger partial charge in [0.15, 0.2) is 0 Å². The molecule has 0 unspecified atom stereocenters. The number of fused-ring (bicyclic) bond motifs is 1. The van der Waals surface area contributed by atoms with Gasteiger partial charge < -0.3 is 5.11 Å². The topological polar surface area (TPSA) is 55.1 Å². The van der Waals surface area contributed by atoms with E-state index in [-0.39, 0.29) is 5.56 Å². The molecule has 0 bridgehead atoms. The lowest BCUT2D eigenvalue weighted by Crippen LogP contribution is -1.99. The quantitative estimate of drug-likeness (QED) is 0.602. The van der Waals surface area contributed by atoms with E-state index >= 15 is 0 Å². The number of benzene rings is 3. The van der Waals surface area contributed by atoms with E-state index in [0.717, 1.165) is 16.5 Å². The third kappa shape index (κ3) is 3.15. The average molecular weight is 328 g/mol. The molecule has 1 N–H and O–H groups in total. The molecule has 0 amide bonds. The van der Waals surface area contributed by atoms with Crippen LogP contribution in [0.1, 0.15) is 15.9 Å². The smallest absolute Gasteiger partial charge is 0.335 e. The Morgan fingerprint density at radius 3 is 2.36 bits per heavy atom. The van der Waals surface area contributed by atoms with Crippen molar-refractivity contribution in [3.63, 3.8) is 0 Å². The third-order valence-corrected chi connectivity index (χ3v) is 4.20. The summed E-state index contributed by atoms with van der Waals surface area (Å²) in [6.07, 6.45) is 1.88. The largest absolute Gasteiger partial charge is 0.478 e. The molecule has 3 aromatic carbocycles. The number of carbonyl (C=O) groups is 1. The first-order valence-electron chi connectivity index (χ1n) is 8.04. The van der Waals surface area contributed by atoms with Gasteiger partial charge in [-0.05, 0) is 34.9 Å². The molecule has 1 aromatic heterocycles. The number of aromatic carboxylic acids is 1. The van der Waals surface area contributed by atoms with Gasteiger partial charge in [0.05, 0.1) is 17.6 Å². The van der Waals surface area contributed by atoms with Crippen LogP contribution < -0.4 is 0 Å². The Hall–Kier alpha value is -3.40. The Labute approximate surface area is 145 Å². The van der Waals surface area contributed by atoms with Crippen molar-refractivity contribution >= 4 is 16.9 Å². The zero-order valence-corrected chi connectivity index (χ0v) is 13.5. The highest BCUT2D eigenvalue weighted by molar-refractivity contribution is 5.93. The number of rotatable bonds is 4. The second-order valence-corrected chi connectivity index (χ2v) is 5.97. The van der Waals surface area contributed by atoms with E-state index in [2.05, 4.69) is 41.5 Å². The minimum atomic E-state index is -0.925. The third-order valence-electron chi connectivity index (χ3n) is 4.20. The molecule has 1 heterocycles. The first-order chi connectivity index (χ1) is 12.2. The van der Waals surface area contributed by atoms with Crippen LogP contribution in [0.2, 0.25) is 0 Å². The molecule has 4 rings (SSSR count). The molecule has 4 heteroatoms. The molecule has 122 valence electrons. The lowest BCUT2D eigenvalue weighted by molar-refractivity contribution is 0.0697. The maximum atomic E-state index is 11.1. The van der Waals surface area contributed by atoms with Crippen LogP contribution in [0, 0.1) is 0 Å². The Kier molecular flexibility index (Phi) is 3.78. The van der Waals surface area contributed by atoms with Crippen molar-refractivity contribution in [3.05, 3.63) is 90.1 Å². The Bertz CT molecular complexity index is 1030. The van der Waals surface area contributed by atoms with Gasteiger partial charge in [0.2, 0.25) is 0 Å². The second kappa shape index (κ2) is 6.24. The summed E-state index contributed by atoms with van der Waals surface area (Å²) in [7, 11) is 0. The van der Waals surface area contributed by atoms with E-state index in [4.69, 9.17) is 5.11 Å². The fraction of sp³-hybridized carbons (Fsp3) is 0.0476. The molecule has 0 radical (unpaired) electrons. The molecule has 0 saturated carbocycles. The predicted molar refractivity (Wildman–Crippen MR) is 97.7 cm³/mol. The van der Waals surface area contributed by atoms with E-state index in [0.29, 0.717) is 6.54 Å². The normalized spacial score (nSPS) is 10.9. The average Bonchev–Trinajstić information content (AvgIpc) is 3.04. The van der Waals surface area contributed by atoms with E-state index in [1.807, 2.05) is 29.1 Å². The lowest BCUT2D eigenvalue weighted by Gasteiger charge is -2.05. The highest BCUT2D eigenvalue weighted by atomic mass is 16.4. The van der Waals surface area contributed by atoms with Gasteiger partial charge in [0.25, 0.3) is 0 Å². The molecule has 0 saturated heterocycles. The van der Waals surface area contributed by atoms with Crippen LogP contribution in [0.25, 0.3) is 22.0 Å². The summed E-state index contributed by atoms with van der Waals surface area (Å²) in [5.41, 5.74) is 4.59. The molecule has 0 fully saturated rings. The van der Waals surface area contributed by atoms with Crippen molar-refractivity contribution < 1.29 is 9.90 Å². The Morgan fingerprint density at radius 2 is 1.64 bits per heavy atom. The molecular weight excluding hydrogens is 312 g/mol. The predicted octanol–water partition coefficient (Wildman–Crippen LogP) is 4.45. The Morgan fingerprint density at radius 1 is 0.920 bits per heavy atom. The fourth-order valence-corrected chi connectivity index (χ4v) is 2.91. The standard InChI is InChI=1S/C21H16N2O2/c24-21(25)18-10-11-20-19(12-18)14-23(22-20)13-15-6-8-17(9-7-15)16-4-2-1-3-5-16/h1-12,14H,13H2,(H,24,25). The Balaban J connectivity index is 1.57. The summed E-state index contributed by atoms with van der Waals surface area (Å²) in [5, 5.41) is 14.4. The van der Waals surface area contributed by atoms with Gasteiger partial charge >= 0.3 is 5.97 Å². The van der Waals surface area contributed by atoms with Gasteiger partial charge in [-0.25, -0.2) is 4.79 Å². The number of carboxylic acid groups (broad SMARTS) is 1. The first-order valence-corrected chi connectivity index (χ1v) is 8.04. The number of hydrogen-bond acceptors (Lipinski definition) is 2. The number of aromatic nitrogens is 2. The van der Waals surface area contributed by atoms with Crippen LogP contribution in [0.3, 0.4) is 0 Å². The van der Waals surface area contributed by atoms with Crippen LogP contribution in [0.5, 0.6) is 0 Å². The highest BCUT2D eigenvalue weighted by Crippen LogP contribution is 2.20. The minimum absolute atomic E-state index is 0.277. The van der Waals surface area contributed by atoms with Gasteiger partial charge in [0.1, 0.15) is 0 Å². The van der Waals surface area contributed by atoms with Crippen molar-refractivity contribution in [2.75, 3.05) is 0 Å². The highest BCUT2D eigenvalue weighted by Gasteiger charge is 2.07. The van der Waals surface area contributed by atoms with Gasteiger partial charge in [-0.2, -0.15) is 5.10 Å². The van der Waals surface area contributed by atoms with Crippen LogP contribution in [0.15, 0.2) is 79.0 Å². The van der Waals surface area contributed by atoms with Crippen molar-refractivity contribution in [1.82, 2.24) is 9.78 Å². The summed E-state index contributed by atoms with van der Waals surface area (Å²) in [6.45, 7) is 0.645. The number of hydrogen-bond donors (Lipinski definition) is 1. The van der Waals surface area contributed by atoms with E-state index in [1.54, 1.807) is 18.2 Å². The van der Waals surface area contributed by atoms with Crippen LogP contribution >= 0.6 is 0 Å². The second-order valence-electron chi connectivity index (χ2n) is 5.97. The maximum Gasteiger partial charge on any atom is 0.335 e. The van der Waals surface area contributed by atoms with Gasteiger partial charge in [-0.1, -0.05) is 54.6 Å². The molecule has 25 heavy (non-hydrogen) atoms. The summed E-state index contributed by atoms with van der Waals surface area (Å²) in [5.74, 6) is -0.925. The van der Waals surface area contributed by atoms with E-state index in [1.165, 1.54) is 11.1 Å².